The number of carbonyl (C=O) groups excluding carboxylic acids is 1. The van der Waals surface area contributed by atoms with Crippen LogP contribution in [0.15, 0.2) is 56.0 Å². The Morgan fingerprint density at radius 3 is 2.56 bits per heavy atom. The standard InChI is InChI=1S/C18H13Br2NO4/c1-23-12-4-5-13(14(20)9-12)17-21-15(18(22)25-17)8-10-7-11(19)3-6-16(10)24-2/h3-9H,1-2H3/b15-8-. The van der Waals surface area contributed by atoms with Gasteiger partial charge in [-0.25, -0.2) is 9.79 Å². The molecule has 0 saturated carbocycles. The predicted molar refractivity (Wildman–Crippen MR) is 102 cm³/mol. The van der Waals surface area contributed by atoms with Crippen molar-refractivity contribution >= 4 is 49.8 Å². The Bertz CT molecular complexity index is 906. The third-order valence-electron chi connectivity index (χ3n) is 3.51. The molecule has 3 rings (SSSR count). The fourth-order valence-corrected chi connectivity index (χ4v) is 3.19. The van der Waals surface area contributed by atoms with E-state index in [9.17, 15) is 4.79 Å². The molecule has 0 aliphatic carbocycles. The Hall–Kier alpha value is -2.12. The molecule has 1 aliphatic heterocycles. The first kappa shape index (κ1) is 17.7. The molecule has 1 aliphatic rings. The van der Waals surface area contributed by atoms with Gasteiger partial charge in [0.15, 0.2) is 5.70 Å². The van der Waals surface area contributed by atoms with E-state index in [1.165, 1.54) is 0 Å². The molecule has 0 amide bonds. The fraction of sp³-hybridized carbons (Fsp3) is 0.111. The van der Waals surface area contributed by atoms with E-state index < -0.39 is 5.97 Å². The summed E-state index contributed by atoms with van der Waals surface area (Å²) in [6.45, 7) is 0. The van der Waals surface area contributed by atoms with E-state index in [-0.39, 0.29) is 11.6 Å². The van der Waals surface area contributed by atoms with Gasteiger partial charge in [0.25, 0.3) is 0 Å². The number of hydrogen-bond donors (Lipinski definition) is 0. The first-order valence-electron chi connectivity index (χ1n) is 7.22. The molecule has 128 valence electrons. The Labute approximate surface area is 161 Å². The molecule has 5 nitrogen and oxygen atoms in total. The topological polar surface area (TPSA) is 57.1 Å². The van der Waals surface area contributed by atoms with Gasteiger partial charge in [-0.15, -0.1) is 0 Å². The van der Waals surface area contributed by atoms with Crippen molar-refractivity contribution in [3.8, 4) is 11.5 Å². The number of hydrogen-bond acceptors (Lipinski definition) is 5. The van der Waals surface area contributed by atoms with Crippen LogP contribution in [0.1, 0.15) is 11.1 Å². The number of esters is 1. The summed E-state index contributed by atoms with van der Waals surface area (Å²) >= 11 is 6.85. The smallest absolute Gasteiger partial charge is 0.363 e. The van der Waals surface area contributed by atoms with E-state index >= 15 is 0 Å². The van der Waals surface area contributed by atoms with E-state index in [1.807, 2.05) is 12.1 Å². The molecule has 0 N–H and O–H groups in total. The number of halogens is 2. The second-order valence-electron chi connectivity index (χ2n) is 5.07. The first-order valence-corrected chi connectivity index (χ1v) is 8.80. The molecular formula is C18H13Br2NO4. The number of nitrogens with zero attached hydrogens (tertiary/aromatic N) is 1. The summed E-state index contributed by atoms with van der Waals surface area (Å²) in [5, 5.41) is 0. The number of benzene rings is 2. The van der Waals surface area contributed by atoms with Crippen LogP contribution in [0.3, 0.4) is 0 Å². The lowest BCUT2D eigenvalue weighted by atomic mass is 10.1. The summed E-state index contributed by atoms with van der Waals surface area (Å²) in [7, 11) is 3.15. The largest absolute Gasteiger partial charge is 0.497 e. The highest BCUT2D eigenvalue weighted by Gasteiger charge is 2.26. The van der Waals surface area contributed by atoms with Gasteiger partial charge in [-0.3, -0.25) is 0 Å². The predicted octanol–water partition coefficient (Wildman–Crippen LogP) is 4.57. The minimum atomic E-state index is -0.514. The number of rotatable bonds is 4. The Morgan fingerprint density at radius 1 is 1.08 bits per heavy atom. The van der Waals surface area contributed by atoms with Crippen LogP contribution in [0.5, 0.6) is 11.5 Å². The van der Waals surface area contributed by atoms with Crippen LogP contribution < -0.4 is 9.47 Å². The highest BCUT2D eigenvalue weighted by molar-refractivity contribution is 9.10. The minimum absolute atomic E-state index is 0.203. The van der Waals surface area contributed by atoms with Crippen molar-refractivity contribution in [2.75, 3.05) is 14.2 Å². The molecule has 25 heavy (non-hydrogen) atoms. The monoisotopic (exact) mass is 465 g/mol. The lowest BCUT2D eigenvalue weighted by Gasteiger charge is -2.05. The van der Waals surface area contributed by atoms with Gasteiger partial charge < -0.3 is 14.2 Å². The summed E-state index contributed by atoms with van der Waals surface area (Å²) in [5.74, 6) is 1.05. The third kappa shape index (κ3) is 3.77. The van der Waals surface area contributed by atoms with Gasteiger partial charge in [-0.05, 0) is 58.4 Å². The number of carbonyl (C=O) groups is 1. The van der Waals surface area contributed by atoms with E-state index in [0.29, 0.717) is 17.1 Å². The highest BCUT2D eigenvalue weighted by atomic mass is 79.9. The summed E-state index contributed by atoms with van der Waals surface area (Å²) < 4.78 is 17.4. The van der Waals surface area contributed by atoms with Crippen LogP contribution in [0.25, 0.3) is 6.08 Å². The lowest BCUT2D eigenvalue weighted by Crippen LogP contribution is -2.06. The van der Waals surface area contributed by atoms with Gasteiger partial charge in [-0.1, -0.05) is 15.9 Å². The molecule has 0 bridgehead atoms. The zero-order chi connectivity index (χ0) is 18.0. The molecule has 7 heteroatoms. The Kier molecular flexibility index (Phi) is 5.24. The molecule has 0 aromatic heterocycles. The van der Waals surface area contributed by atoms with Gasteiger partial charge >= 0.3 is 5.97 Å². The van der Waals surface area contributed by atoms with Crippen LogP contribution in [0, 0.1) is 0 Å². The lowest BCUT2D eigenvalue weighted by molar-refractivity contribution is -0.129. The van der Waals surface area contributed by atoms with Crippen molar-refractivity contribution in [1.82, 2.24) is 0 Å². The van der Waals surface area contributed by atoms with Crippen molar-refractivity contribution in [2.24, 2.45) is 4.99 Å². The van der Waals surface area contributed by atoms with Crippen molar-refractivity contribution in [3.63, 3.8) is 0 Å². The van der Waals surface area contributed by atoms with Gasteiger partial charge in [0.05, 0.1) is 19.8 Å². The van der Waals surface area contributed by atoms with Gasteiger partial charge in [0, 0.05) is 14.5 Å². The molecule has 0 unspecified atom stereocenters. The molecule has 0 fully saturated rings. The number of methoxy groups -OCH3 is 2. The molecule has 2 aromatic rings. The van der Waals surface area contributed by atoms with Crippen molar-refractivity contribution in [3.05, 3.63) is 62.2 Å². The molecule has 0 saturated heterocycles. The van der Waals surface area contributed by atoms with Crippen LogP contribution in [0.4, 0.5) is 0 Å². The number of ether oxygens (including phenoxy) is 3. The first-order chi connectivity index (χ1) is 12.0. The summed E-state index contributed by atoms with van der Waals surface area (Å²) in [6.07, 6.45) is 1.64. The van der Waals surface area contributed by atoms with Gasteiger partial charge in [-0.2, -0.15) is 0 Å². The average molecular weight is 467 g/mol. The Morgan fingerprint density at radius 2 is 1.88 bits per heavy atom. The minimum Gasteiger partial charge on any atom is -0.497 e. The maximum Gasteiger partial charge on any atom is 0.363 e. The van der Waals surface area contributed by atoms with E-state index in [4.69, 9.17) is 14.2 Å². The summed E-state index contributed by atoms with van der Waals surface area (Å²) in [4.78, 5) is 16.5. The number of aliphatic imine (C=N–C) groups is 1. The Balaban J connectivity index is 1.99. The van der Waals surface area contributed by atoms with Gasteiger partial charge in [0.1, 0.15) is 11.5 Å². The number of cyclic esters (lactones) is 1. The van der Waals surface area contributed by atoms with Crippen LogP contribution in [-0.2, 0) is 9.53 Å². The maximum atomic E-state index is 12.2. The SMILES string of the molecule is COc1ccc(C2=N/C(=C\c3cc(Br)ccc3OC)C(=O)O2)c(Br)c1. The quantitative estimate of drug-likeness (QED) is 0.489. The zero-order valence-corrected chi connectivity index (χ0v) is 16.5. The van der Waals surface area contributed by atoms with E-state index in [1.54, 1.807) is 44.6 Å². The van der Waals surface area contributed by atoms with Crippen LogP contribution in [-0.4, -0.2) is 26.1 Å². The van der Waals surface area contributed by atoms with Crippen LogP contribution >= 0.6 is 31.9 Å². The van der Waals surface area contributed by atoms with E-state index in [2.05, 4.69) is 36.9 Å². The molecule has 1 heterocycles. The molecule has 0 spiro atoms. The van der Waals surface area contributed by atoms with E-state index in [0.717, 1.165) is 14.5 Å². The van der Waals surface area contributed by atoms with Crippen molar-refractivity contribution in [2.45, 2.75) is 0 Å². The van der Waals surface area contributed by atoms with Crippen LogP contribution in [0.2, 0.25) is 0 Å². The average Bonchev–Trinajstić information content (AvgIpc) is 2.95. The third-order valence-corrected chi connectivity index (χ3v) is 4.66. The van der Waals surface area contributed by atoms with Gasteiger partial charge in [0.2, 0.25) is 5.90 Å². The second kappa shape index (κ2) is 7.41. The van der Waals surface area contributed by atoms with Crippen molar-refractivity contribution < 1.29 is 19.0 Å². The summed E-state index contributed by atoms with van der Waals surface area (Å²) in [5.41, 5.74) is 1.59. The second-order valence-corrected chi connectivity index (χ2v) is 6.84. The molecule has 0 atom stereocenters. The van der Waals surface area contributed by atoms with Crippen molar-refractivity contribution in [1.29, 1.82) is 0 Å². The zero-order valence-electron chi connectivity index (χ0n) is 13.4. The molecular weight excluding hydrogens is 454 g/mol. The molecule has 0 radical (unpaired) electrons. The normalized spacial score (nSPS) is 15.1. The highest BCUT2D eigenvalue weighted by Crippen LogP contribution is 2.29. The molecule has 2 aromatic carbocycles. The fourth-order valence-electron chi connectivity index (χ4n) is 2.29. The summed E-state index contributed by atoms with van der Waals surface area (Å²) in [6, 6.07) is 10.8. The maximum absolute atomic E-state index is 12.2.